The van der Waals surface area contributed by atoms with Crippen LogP contribution in [0.25, 0.3) is 0 Å². The van der Waals surface area contributed by atoms with Crippen LogP contribution >= 0.6 is 0 Å². The fourth-order valence-corrected chi connectivity index (χ4v) is 2.66. The molecular weight excluding hydrogens is 203 g/mol. The predicted octanol–water partition coefficient (Wildman–Crippen LogP) is 1.42. The Morgan fingerprint density at radius 2 is 1.94 bits per heavy atom. The topological polar surface area (TPSA) is 15.3 Å². The molecule has 0 aromatic carbocycles. The number of nitrogens with one attached hydrogen (secondary N) is 1. The van der Waals surface area contributed by atoms with Crippen molar-refractivity contribution in [2.24, 2.45) is 5.92 Å². The number of rotatable bonds is 2. The van der Waals surface area contributed by atoms with Crippen LogP contribution in [0.1, 0.15) is 25.7 Å². The van der Waals surface area contributed by atoms with Crippen LogP contribution in [0.3, 0.4) is 0 Å². The van der Waals surface area contributed by atoms with Crippen molar-refractivity contribution < 1.29 is 4.39 Å². The van der Waals surface area contributed by atoms with E-state index in [1.54, 1.807) is 0 Å². The molecule has 0 spiro atoms. The highest BCUT2D eigenvalue weighted by atomic mass is 19.1. The zero-order chi connectivity index (χ0) is 11.4. The zero-order valence-electron chi connectivity index (χ0n) is 9.84. The normalized spacial score (nSPS) is 27.5. The van der Waals surface area contributed by atoms with Gasteiger partial charge in [0.15, 0.2) is 5.67 Å². The number of nitrogens with zero attached hydrogens (tertiary/aromatic N) is 1. The van der Waals surface area contributed by atoms with Gasteiger partial charge < -0.3 is 10.2 Å². The Bertz CT molecular complexity index is 258. The lowest BCUT2D eigenvalue weighted by Gasteiger charge is -2.36. The minimum absolute atomic E-state index is 0.508. The van der Waals surface area contributed by atoms with Gasteiger partial charge in [0.1, 0.15) is 0 Å². The van der Waals surface area contributed by atoms with Crippen molar-refractivity contribution in [2.45, 2.75) is 31.4 Å². The first kappa shape index (κ1) is 11.9. The van der Waals surface area contributed by atoms with Crippen LogP contribution in [-0.2, 0) is 0 Å². The summed E-state index contributed by atoms with van der Waals surface area (Å²) in [5.74, 6) is 3.09. The van der Waals surface area contributed by atoms with Gasteiger partial charge in [-0.2, -0.15) is 0 Å². The molecule has 2 saturated heterocycles. The molecule has 0 bridgehead atoms. The highest BCUT2D eigenvalue weighted by Gasteiger charge is 2.32. The molecule has 1 N–H and O–H groups in total. The van der Waals surface area contributed by atoms with Gasteiger partial charge in [0, 0.05) is 32.5 Å². The van der Waals surface area contributed by atoms with Crippen LogP contribution in [-0.4, -0.2) is 43.3 Å². The van der Waals surface area contributed by atoms with E-state index in [2.05, 4.69) is 16.1 Å². The smallest absolute Gasteiger partial charge is 0.173 e. The minimum Gasteiger partial charge on any atom is -0.317 e. The second-order valence-corrected chi connectivity index (χ2v) is 5.10. The first-order valence-electron chi connectivity index (χ1n) is 6.32. The van der Waals surface area contributed by atoms with Crippen molar-refractivity contribution in [2.75, 3.05) is 32.7 Å². The third-order valence-electron chi connectivity index (χ3n) is 3.88. The molecule has 2 rings (SSSR count). The van der Waals surface area contributed by atoms with Gasteiger partial charge in [-0.3, -0.25) is 0 Å². The molecule has 0 radical (unpaired) electrons. The van der Waals surface area contributed by atoms with Crippen LogP contribution in [0.5, 0.6) is 0 Å². The molecule has 90 valence electrons. The molecule has 2 heterocycles. The summed E-state index contributed by atoms with van der Waals surface area (Å²) in [5.41, 5.74) is -1.33. The standard InChI is InChI=1S/C13H21FN2/c1-2-13(14)5-9-16(10-6-13)11-12-3-7-15-8-4-12/h1,12,15H,3-11H2. The minimum atomic E-state index is -1.33. The number of hydrogen-bond acceptors (Lipinski definition) is 2. The van der Waals surface area contributed by atoms with Crippen molar-refractivity contribution in [1.82, 2.24) is 10.2 Å². The van der Waals surface area contributed by atoms with E-state index in [4.69, 9.17) is 6.42 Å². The SMILES string of the molecule is C#CC1(F)CCN(CC2CCNCC2)CC1. The average Bonchev–Trinajstić information content (AvgIpc) is 2.34. The number of halogens is 1. The molecule has 0 saturated carbocycles. The van der Waals surface area contributed by atoms with Crippen molar-refractivity contribution in [3.05, 3.63) is 0 Å². The maximum atomic E-state index is 13.8. The van der Waals surface area contributed by atoms with Gasteiger partial charge >= 0.3 is 0 Å². The highest BCUT2D eigenvalue weighted by molar-refractivity contribution is 5.09. The highest BCUT2D eigenvalue weighted by Crippen LogP contribution is 2.26. The van der Waals surface area contributed by atoms with Gasteiger partial charge in [0.2, 0.25) is 0 Å². The molecule has 0 atom stereocenters. The van der Waals surface area contributed by atoms with Gasteiger partial charge in [-0.05, 0) is 31.8 Å². The van der Waals surface area contributed by atoms with Gasteiger partial charge in [-0.1, -0.05) is 5.92 Å². The van der Waals surface area contributed by atoms with E-state index in [9.17, 15) is 4.39 Å². The van der Waals surface area contributed by atoms with E-state index < -0.39 is 5.67 Å². The van der Waals surface area contributed by atoms with Crippen LogP contribution in [0.15, 0.2) is 0 Å². The number of terminal acetylenes is 1. The van der Waals surface area contributed by atoms with E-state index in [0.29, 0.717) is 12.8 Å². The van der Waals surface area contributed by atoms with Gasteiger partial charge in [0.05, 0.1) is 0 Å². The molecule has 0 aromatic heterocycles. The predicted molar refractivity (Wildman–Crippen MR) is 63.9 cm³/mol. The third kappa shape index (κ3) is 2.96. The zero-order valence-corrected chi connectivity index (χ0v) is 9.84. The van der Waals surface area contributed by atoms with Gasteiger partial charge in [-0.15, -0.1) is 6.42 Å². The van der Waals surface area contributed by atoms with E-state index in [1.807, 2.05) is 0 Å². The number of piperidine rings is 2. The van der Waals surface area contributed by atoms with E-state index >= 15 is 0 Å². The maximum Gasteiger partial charge on any atom is 0.173 e. The first-order valence-corrected chi connectivity index (χ1v) is 6.32. The molecule has 16 heavy (non-hydrogen) atoms. The fraction of sp³-hybridized carbons (Fsp3) is 0.846. The quantitative estimate of drug-likeness (QED) is 0.714. The molecule has 0 aliphatic carbocycles. The van der Waals surface area contributed by atoms with Crippen molar-refractivity contribution in [3.8, 4) is 12.3 Å². The summed E-state index contributed by atoms with van der Waals surface area (Å²) < 4.78 is 13.8. The van der Waals surface area contributed by atoms with Crippen LogP contribution in [0.4, 0.5) is 4.39 Å². The molecule has 3 heteroatoms. The Hall–Kier alpha value is -0.590. The van der Waals surface area contributed by atoms with Crippen molar-refractivity contribution >= 4 is 0 Å². The molecule has 0 aromatic rings. The molecule has 2 nitrogen and oxygen atoms in total. The molecule has 2 aliphatic rings. The van der Waals surface area contributed by atoms with Crippen molar-refractivity contribution in [1.29, 1.82) is 0 Å². The van der Waals surface area contributed by atoms with Gasteiger partial charge in [0.25, 0.3) is 0 Å². The number of hydrogen-bond donors (Lipinski definition) is 1. The maximum absolute atomic E-state index is 13.8. The fourth-order valence-electron chi connectivity index (χ4n) is 2.66. The molecule has 0 unspecified atom stereocenters. The number of likely N-dealkylation sites (tertiary alicyclic amines) is 1. The van der Waals surface area contributed by atoms with Gasteiger partial charge in [-0.25, -0.2) is 4.39 Å². The monoisotopic (exact) mass is 224 g/mol. The summed E-state index contributed by atoms with van der Waals surface area (Å²) in [7, 11) is 0. The second kappa shape index (κ2) is 5.16. The Morgan fingerprint density at radius 1 is 1.31 bits per heavy atom. The van der Waals surface area contributed by atoms with Crippen LogP contribution < -0.4 is 5.32 Å². The third-order valence-corrected chi connectivity index (χ3v) is 3.88. The molecular formula is C13H21FN2. The largest absolute Gasteiger partial charge is 0.317 e. The van der Waals surface area contributed by atoms with E-state index in [0.717, 1.165) is 38.6 Å². The summed E-state index contributed by atoms with van der Waals surface area (Å²) in [6.07, 6.45) is 8.74. The molecule has 2 fully saturated rings. The van der Waals surface area contributed by atoms with E-state index in [-0.39, 0.29) is 0 Å². The Balaban J connectivity index is 1.75. The Morgan fingerprint density at radius 3 is 2.50 bits per heavy atom. The lowest BCUT2D eigenvalue weighted by molar-refractivity contribution is 0.0890. The summed E-state index contributed by atoms with van der Waals surface area (Å²) in [5, 5.41) is 3.37. The molecule has 2 aliphatic heterocycles. The summed E-state index contributed by atoms with van der Waals surface area (Å²) in [4.78, 5) is 2.38. The second-order valence-electron chi connectivity index (χ2n) is 5.10. The van der Waals surface area contributed by atoms with Crippen LogP contribution in [0, 0.1) is 18.3 Å². The van der Waals surface area contributed by atoms with Crippen LogP contribution in [0.2, 0.25) is 0 Å². The number of alkyl halides is 1. The lowest BCUT2D eigenvalue weighted by atomic mass is 9.92. The first-order chi connectivity index (χ1) is 7.72. The summed E-state index contributed by atoms with van der Waals surface area (Å²) >= 11 is 0. The average molecular weight is 224 g/mol. The summed E-state index contributed by atoms with van der Waals surface area (Å²) in [6, 6.07) is 0. The van der Waals surface area contributed by atoms with Crippen molar-refractivity contribution in [3.63, 3.8) is 0 Å². The molecule has 0 amide bonds. The van der Waals surface area contributed by atoms with E-state index in [1.165, 1.54) is 12.8 Å². The summed E-state index contributed by atoms with van der Waals surface area (Å²) in [6.45, 7) is 5.05. The Kier molecular flexibility index (Phi) is 3.83. The Labute approximate surface area is 97.6 Å². The lowest BCUT2D eigenvalue weighted by Crippen LogP contribution is -2.44.